The zero-order chi connectivity index (χ0) is 24.1. The molecular weight excluding hydrogens is 453 g/mol. The van der Waals surface area contributed by atoms with Gasteiger partial charge in [-0.25, -0.2) is 13.2 Å². The third-order valence-corrected chi connectivity index (χ3v) is 7.41. The van der Waals surface area contributed by atoms with Crippen LogP contribution in [0.5, 0.6) is 0 Å². The number of unbranched alkanes of at least 4 members (excludes halogenated alkanes) is 1. The van der Waals surface area contributed by atoms with Crippen LogP contribution in [0.2, 0.25) is 0 Å². The molecule has 0 bridgehead atoms. The van der Waals surface area contributed by atoms with E-state index in [0.717, 1.165) is 32.1 Å². The minimum absolute atomic E-state index is 0.300. The molecule has 3 saturated heterocycles. The van der Waals surface area contributed by atoms with E-state index in [9.17, 15) is 9.50 Å². The normalized spacial score (nSPS) is 40.0. The van der Waals surface area contributed by atoms with Crippen LogP contribution in [0.3, 0.4) is 0 Å². The average molecular weight is 493 g/mol. The zero-order valence-corrected chi connectivity index (χ0v) is 20.0. The molecule has 3 heterocycles. The van der Waals surface area contributed by atoms with Crippen molar-refractivity contribution in [2.45, 2.75) is 120 Å². The monoisotopic (exact) mass is 492 g/mol. The average Bonchev–Trinajstić information content (AvgIpc) is 3.30. The fourth-order valence-corrected chi connectivity index (χ4v) is 5.51. The number of halogens is 3. The summed E-state index contributed by atoms with van der Waals surface area (Å²) in [6, 6.07) is 0. The highest BCUT2D eigenvalue weighted by Crippen LogP contribution is 2.47. The first-order valence-corrected chi connectivity index (χ1v) is 13.0. The highest BCUT2D eigenvalue weighted by Gasteiger charge is 2.56. The van der Waals surface area contributed by atoms with Crippen LogP contribution in [0, 0.1) is 11.8 Å². The number of alkyl halides is 3. The van der Waals surface area contributed by atoms with E-state index in [-0.39, 0.29) is 6.42 Å². The van der Waals surface area contributed by atoms with Crippen LogP contribution in [-0.4, -0.2) is 67.6 Å². The van der Waals surface area contributed by atoms with Crippen molar-refractivity contribution in [1.82, 2.24) is 0 Å². The maximum absolute atomic E-state index is 15.2. The molecule has 1 saturated carbocycles. The smallest absolute Gasteiger partial charge is 0.277 e. The van der Waals surface area contributed by atoms with E-state index in [1.165, 1.54) is 6.08 Å². The van der Waals surface area contributed by atoms with Gasteiger partial charge in [-0.1, -0.05) is 25.5 Å². The number of ether oxygens (including phenoxy) is 5. The fraction of sp³-hybridized carbons (Fsp3) is 0.920. The lowest BCUT2D eigenvalue weighted by molar-refractivity contribution is -0.227. The SMILES string of the molecule is CCCCC(F)(F)C(/C=C/[C@H]1[C@H]2[C@@H](C[C@@H]1OC1CCCCO1)OC(O)[C@@H]2F)OC1CCCCO1. The Balaban J connectivity index is 1.52. The zero-order valence-electron chi connectivity index (χ0n) is 20.0. The molecule has 9 heteroatoms. The van der Waals surface area contributed by atoms with Crippen LogP contribution < -0.4 is 0 Å². The number of hydrogen-bond donors (Lipinski definition) is 1. The first-order chi connectivity index (χ1) is 16.4. The van der Waals surface area contributed by atoms with Crippen molar-refractivity contribution < 1.29 is 42.0 Å². The van der Waals surface area contributed by atoms with E-state index in [1.807, 2.05) is 6.92 Å². The molecule has 0 spiro atoms. The summed E-state index contributed by atoms with van der Waals surface area (Å²) >= 11 is 0. The topological polar surface area (TPSA) is 66.4 Å². The number of hydrogen-bond acceptors (Lipinski definition) is 6. The van der Waals surface area contributed by atoms with Crippen LogP contribution in [-0.2, 0) is 23.7 Å². The van der Waals surface area contributed by atoms with Gasteiger partial charge in [0.2, 0.25) is 0 Å². The highest BCUT2D eigenvalue weighted by atomic mass is 19.3. The van der Waals surface area contributed by atoms with Crippen molar-refractivity contribution in [3.8, 4) is 0 Å². The van der Waals surface area contributed by atoms with Gasteiger partial charge in [-0.2, -0.15) is 0 Å². The minimum Gasteiger partial charge on any atom is -0.366 e. The second kappa shape index (κ2) is 12.0. The van der Waals surface area contributed by atoms with E-state index in [0.29, 0.717) is 38.9 Å². The molecule has 6 nitrogen and oxygen atoms in total. The molecule has 4 fully saturated rings. The van der Waals surface area contributed by atoms with Crippen molar-refractivity contribution in [2.24, 2.45) is 11.8 Å². The van der Waals surface area contributed by atoms with E-state index in [2.05, 4.69) is 0 Å². The van der Waals surface area contributed by atoms with E-state index in [1.54, 1.807) is 6.08 Å². The molecule has 9 atom stereocenters. The Labute approximate surface area is 200 Å². The van der Waals surface area contributed by atoms with Crippen LogP contribution in [0.1, 0.15) is 71.1 Å². The van der Waals surface area contributed by atoms with Gasteiger partial charge < -0.3 is 28.8 Å². The summed E-state index contributed by atoms with van der Waals surface area (Å²) < 4.78 is 73.8. The van der Waals surface area contributed by atoms with Crippen molar-refractivity contribution in [1.29, 1.82) is 0 Å². The summed E-state index contributed by atoms with van der Waals surface area (Å²) in [7, 11) is 0. The molecule has 3 aliphatic heterocycles. The van der Waals surface area contributed by atoms with Crippen molar-refractivity contribution in [3.05, 3.63) is 12.2 Å². The minimum atomic E-state index is -3.09. The first-order valence-electron chi connectivity index (χ1n) is 13.0. The van der Waals surface area contributed by atoms with Gasteiger partial charge in [-0.15, -0.1) is 0 Å². The Bertz CT molecular complexity index is 653. The second-order valence-corrected chi connectivity index (χ2v) is 9.97. The fourth-order valence-electron chi connectivity index (χ4n) is 5.51. The summed E-state index contributed by atoms with van der Waals surface area (Å²) in [5.41, 5.74) is 0. The van der Waals surface area contributed by atoms with Gasteiger partial charge in [0.1, 0.15) is 6.10 Å². The summed E-state index contributed by atoms with van der Waals surface area (Å²) in [6.45, 7) is 2.96. The van der Waals surface area contributed by atoms with Crippen LogP contribution >= 0.6 is 0 Å². The Morgan fingerprint density at radius 1 is 1.09 bits per heavy atom. The number of fused-ring (bicyclic) bond motifs is 1. The van der Waals surface area contributed by atoms with E-state index in [4.69, 9.17) is 23.7 Å². The standard InChI is InChI=1S/C25H39F3O6/c1-2-3-12-25(27,28)19(34-21-9-5-7-14-31-21)11-10-16-17(32-20-8-4-6-13-30-20)15-18-22(16)23(26)24(29)33-18/h10-11,16-24,29H,2-9,12-15H2,1H3/b11-10+/t16-,17+,18-,19?,20?,21?,22+,23-,24?/m1/s1. The lowest BCUT2D eigenvalue weighted by Gasteiger charge is -2.32. The Morgan fingerprint density at radius 3 is 2.44 bits per heavy atom. The summed E-state index contributed by atoms with van der Waals surface area (Å²) in [5.74, 6) is -4.30. The summed E-state index contributed by atoms with van der Waals surface area (Å²) in [6.07, 6.45) is 2.40. The molecule has 0 aromatic heterocycles. The second-order valence-electron chi connectivity index (χ2n) is 9.97. The molecular formula is C25H39F3O6. The third-order valence-electron chi connectivity index (χ3n) is 7.41. The lowest BCUT2D eigenvalue weighted by Crippen LogP contribution is -2.39. The van der Waals surface area contributed by atoms with Crippen molar-refractivity contribution in [2.75, 3.05) is 13.2 Å². The number of rotatable bonds is 10. The molecule has 0 amide bonds. The lowest BCUT2D eigenvalue weighted by atomic mass is 9.89. The van der Waals surface area contributed by atoms with Crippen LogP contribution in [0.15, 0.2) is 12.2 Å². The Morgan fingerprint density at radius 2 is 1.79 bits per heavy atom. The van der Waals surface area contributed by atoms with E-state index >= 15 is 8.78 Å². The van der Waals surface area contributed by atoms with Gasteiger partial charge in [-0.3, -0.25) is 0 Å². The number of aliphatic hydroxyl groups excluding tert-OH is 1. The third kappa shape index (κ3) is 6.34. The maximum Gasteiger partial charge on any atom is 0.277 e. The maximum atomic E-state index is 15.2. The quantitative estimate of drug-likeness (QED) is 0.439. The molecule has 0 aromatic carbocycles. The van der Waals surface area contributed by atoms with Crippen molar-refractivity contribution in [3.63, 3.8) is 0 Å². The molecule has 0 radical (unpaired) electrons. The predicted molar refractivity (Wildman–Crippen MR) is 118 cm³/mol. The molecule has 1 N–H and O–H groups in total. The molecule has 1 aliphatic carbocycles. The van der Waals surface area contributed by atoms with Gasteiger partial charge in [0.25, 0.3) is 5.92 Å². The van der Waals surface area contributed by atoms with Crippen LogP contribution in [0.25, 0.3) is 0 Å². The Hall–Kier alpha value is -0.710. The molecule has 34 heavy (non-hydrogen) atoms. The molecule has 4 rings (SSSR count). The molecule has 4 aliphatic rings. The van der Waals surface area contributed by atoms with Crippen LogP contribution in [0.4, 0.5) is 13.2 Å². The molecule has 0 aromatic rings. The van der Waals surface area contributed by atoms with Crippen molar-refractivity contribution >= 4 is 0 Å². The number of aliphatic hydroxyl groups is 1. The molecule has 196 valence electrons. The van der Waals surface area contributed by atoms with Gasteiger partial charge >= 0.3 is 0 Å². The van der Waals surface area contributed by atoms with E-state index < -0.39 is 61.1 Å². The first kappa shape index (κ1) is 26.4. The van der Waals surface area contributed by atoms with Gasteiger partial charge in [0, 0.05) is 37.9 Å². The van der Waals surface area contributed by atoms with Gasteiger partial charge in [-0.05, 0) is 44.9 Å². The van der Waals surface area contributed by atoms with Gasteiger partial charge in [0.15, 0.2) is 25.0 Å². The molecule has 4 unspecified atom stereocenters. The largest absolute Gasteiger partial charge is 0.366 e. The predicted octanol–water partition coefficient (Wildman–Crippen LogP) is 4.88. The summed E-state index contributed by atoms with van der Waals surface area (Å²) in [5, 5.41) is 9.90. The van der Waals surface area contributed by atoms with Gasteiger partial charge in [0.05, 0.1) is 12.2 Å². The Kier molecular flexibility index (Phi) is 9.32. The summed E-state index contributed by atoms with van der Waals surface area (Å²) in [4.78, 5) is 0. The highest BCUT2D eigenvalue weighted by molar-refractivity contribution is 5.11.